The quantitative estimate of drug-likeness (QED) is 0.747. The molecule has 1 aromatic carbocycles. The second-order valence-corrected chi connectivity index (χ2v) is 8.12. The number of halogens is 1. The van der Waals surface area contributed by atoms with Crippen molar-refractivity contribution in [2.75, 3.05) is 26.3 Å². The normalized spacial score (nSPS) is 18.0. The molecule has 1 aliphatic heterocycles. The Morgan fingerprint density at radius 2 is 2.23 bits per heavy atom. The Kier molecular flexibility index (Phi) is 5.67. The van der Waals surface area contributed by atoms with E-state index in [0.717, 1.165) is 21.1 Å². The van der Waals surface area contributed by atoms with Crippen molar-refractivity contribution < 1.29 is 19.0 Å². The first-order chi connectivity index (χ1) is 12.3. The molecule has 0 aliphatic carbocycles. The zero-order chi connectivity index (χ0) is 18.7. The molecule has 1 aliphatic rings. The standard InChI is InChI=1S/C19H23BrN2O4/c1-19(2,3)26-18(23)22-7-8-24-14(11-22)12-25-17-10-13(20)9-16-15(17)5-4-6-21-16/h4-6,9-10,14H,7-8,11-12H2,1-3H3/t14-/m0/s1. The number of amides is 1. The summed E-state index contributed by atoms with van der Waals surface area (Å²) in [4.78, 5) is 18.3. The second kappa shape index (κ2) is 7.80. The number of carbonyl (C=O) groups is 1. The predicted molar refractivity (Wildman–Crippen MR) is 102 cm³/mol. The highest BCUT2D eigenvalue weighted by Gasteiger charge is 2.28. The predicted octanol–water partition coefficient (Wildman–Crippen LogP) is 4.01. The molecule has 0 spiro atoms. The van der Waals surface area contributed by atoms with Crippen molar-refractivity contribution in [2.24, 2.45) is 0 Å². The molecule has 140 valence electrons. The Morgan fingerprint density at radius 1 is 1.42 bits per heavy atom. The fourth-order valence-corrected chi connectivity index (χ4v) is 3.16. The lowest BCUT2D eigenvalue weighted by molar-refractivity contribution is -0.0555. The van der Waals surface area contributed by atoms with Gasteiger partial charge in [0.2, 0.25) is 0 Å². The maximum atomic E-state index is 12.2. The van der Waals surface area contributed by atoms with Crippen molar-refractivity contribution in [3.8, 4) is 5.75 Å². The fraction of sp³-hybridized carbons (Fsp3) is 0.474. The van der Waals surface area contributed by atoms with E-state index < -0.39 is 5.60 Å². The second-order valence-electron chi connectivity index (χ2n) is 7.20. The first-order valence-electron chi connectivity index (χ1n) is 8.58. The van der Waals surface area contributed by atoms with Crippen LogP contribution in [0, 0.1) is 0 Å². The monoisotopic (exact) mass is 422 g/mol. The van der Waals surface area contributed by atoms with Gasteiger partial charge >= 0.3 is 6.09 Å². The molecule has 26 heavy (non-hydrogen) atoms. The first kappa shape index (κ1) is 18.9. The third-order valence-corrected chi connectivity index (χ3v) is 4.32. The molecule has 3 rings (SSSR count). The van der Waals surface area contributed by atoms with Crippen LogP contribution in [0.5, 0.6) is 5.75 Å². The number of fused-ring (bicyclic) bond motifs is 1. The molecule has 6 nitrogen and oxygen atoms in total. The minimum Gasteiger partial charge on any atom is -0.490 e. The minimum absolute atomic E-state index is 0.207. The summed E-state index contributed by atoms with van der Waals surface area (Å²) in [6.07, 6.45) is 1.23. The molecule has 7 heteroatoms. The molecule has 0 N–H and O–H groups in total. The maximum absolute atomic E-state index is 12.2. The first-order valence-corrected chi connectivity index (χ1v) is 9.38. The molecule has 1 aromatic heterocycles. The molecular formula is C19H23BrN2O4. The van der Waals surface area contributed by atoms with E-state index in [9.17, 15) is 4.79 Å². The average molecular weight is 423 g/mol. The van der Waals surface area contributed by atoms with Gasteiger partial charge in [-0.15, -0.1) is 0 Å². The number of hydrogen-bond donors (Lipinski definition) is 0. The van der Waals surface area contributed by atoms with Crippen LogP contribution in [0.1, 0.15) is 20.8 Å². The van der Waals surface area contributed by atoms with Gasteiger partial charge in [0, 0.05) is 22.6 Å². The van der Waals surface area contributed by atoms with E-state index in [-0.39, 0.29) is 12.2 Å². The van der Waals surface area contributed by atoms with Crippen molar-refractivity contribution in [3.05, 3.63) is 34.9 Å². The van der Waals surface area contributed by atoms with Gasteiger partial charge in [0.15, 0.2) is 0 Å². The van der Waals surface area contributed by atoms with Gasteiger partial charge in [-0.3, -0.25) is 4.98 Å². The molecule has 1 saturated heterocycles. The van der Waals surface area contributed by atoms with E-state index >= 15 is 0 Å². The lowest BCUT2D eigenvalue weighted by Gasteiger charge is -2.34. The number of morpholine rings is 1. The summed E-state index contributed by atoms with van der Waals surface area (Å²) in [6, 6.07) is 7.71. The Hall–Kier alpha value is -1.86. The molecule has 0 saturated carbocycles. The number of aromatic nitrogens is 1. The van der Waals surface area contributed by atoms with Crippen molar-refractivity contribution in [2.45, 2.75) is 32.5 Å². The van der Waals surface area contributed by atoms with Crippen LogP contribution in [0.4, 0.5) is 4.79 Å². The van der Waals surface area contributed by atoms with Crippen LogP contribution in [-0.2, 0) is 9.47 Å². The minimum atomic E-state index is -0.510. The number of benzene rings is 1. The number of pyridine rings is 1. The number of hydrogen-bond acceptors (Lipinski definition) is 5. The molecular weight excluding hydrogens is 400 g/mol. The number of ether oxygens (including phenoxy) is 3. The Morgan fingerprint density at radius 3 is 3.00 bits per heavy atom. The highest BCUT2D eigenvalue weighted by atomic mass is 79.9. The summed E-state index contributed by atoms with van der Waals surface area (Å²) in [6.45, 7) is 7.36. The van der Waals surface area contributed by atoms with E-state index in [1.807, 2.05) is 45.0 Å². The van der Waals surface area contributed by atoms with Gasteiger partial charge in [-0.1, -0.05) is 15.9 Å². The van der Waals surface area contributed by atoms with Gasteiger partial charge in [0.1, 0.15) is 24.1 Å². The van der Waals surface area contributed by atoms with Gasteiger partial charge in [-0.25, -0.2) is 4.79 Å². The fourth-order valence-electron chi connectivity index (χ4n) is 2.73. The average Bonchev–Trinajstić information content (AvgIpc) is 2.58. The number of nitrogens with zero attached hydrogens (tertiary/aromatic N) is 2. The van der Waals surface area contributed by atoms with Crippen LogP contribution in [0.3, 0.4) is 0 Å². The van der Waals surface area contributed by atoms with Crippen molar-refractivity contribution in [1.82, 2.24) is 9.88 Å². The smallest absolute Gasteiger partial charge is 0.410 e. The van der Waals surface area contributed by atoms with E-state index in [2.05, 4.69) is 20.9 Å². The molecule has 0 bridgehead atoms. The van der Waals surface area contributed by atoms with Gasteiger partial charge in [0.05, 0.1) is 18.7 Å². The topological polar surface area (TPSA) is 60.9 Å². The molecule has 1 amide bonds. The molecule has 0 radical (unpaired) electrons. The summed E-state index contributed by atoms with van der Waals surface area (Å²) < 4.78 is 18.1. The molecule has 2 heterocycles. The SMILES string of the molecule is CC(C)(C)OC(=O)N1CCO[C@H](COc2cc(Br)cc3ncccc23)C1. The van der Waals surface area contributed by atoms with Crippen LogP contribution in [0.2, 0.25) is 0 Å². The zero-order valence-corrected chi connectivity index (χ0v) is 16.8. The van der Waals surface area contributed by atoms with Crippen LogP contribution in [0.25, 0.3) is 10.9 Å². The van der Waals surface area contributed by atoms with Crippen molar-refractivity contribution >= 4 is 32.9 Å². The number of rotatable bonds is 3. The van der Waals surface area contributed by atoms with Crippen molar-refractivity contribution in [3.63, 3.8) is 0 Å². The van der Waals surface area contributed by atoms with Crippen LogP contribution in [0.15, 0.2) is 34.9 Å². The Labute approximate surface area is 161 Å². The van der Waals surface area contributed by atoms with Gasteiger partial charge < -0.3 is 19.1 Å². The highest BCUT2D eigenvalue weighted by molar-refractivity contribution is 9.10. The van der Waals surface area contributed by atoms with Gasteiger partial charge in [-0.05, 0) is 45.0 Å². The largest absolute Gasteiger partial charge is 0.490 e. The summed E-state index contributed by atoms with van der Waals surface area (Å²) >= 11 is 3.49. The van der Waals surface area contributed by atoms with Crippen LogP contribution in [-0.4, -0.2) is 54.0 Å². The Balaban J connectivity index is 1.64. The lowest BCUT2D eigenvalue weighted by Crippen LogP contribution is -2.49. The third-order valence-electron chi connectivity index (χ3n) is 3.86. The highest BCUT2D eigenvalue weighted by Crippen LogP contribution is 2.29. The summed E-state index contributed by atoms with van der Waals surface area (Å²) in [7, 11) is 0. The molecule has 1 atom stereocenters. The van der Waals surface area contributed by atoms with Gasteiger partial charge in [-0.2, -0.15) is 0 Å². The third kappa shape index (κ3) is 4.86. The summed E-state index contributed by atoms with van der Waals surface area (Å²) in [5.41, 5.74) is 0.348. The zero-order valence-electron chi connectivity index (χ0n) is 15.2. The number of carbonyl (C=O) groups excluding carboxylic acids is 1. The van der Waals surface area contributed by atoms with E-state index in [1.54, 1.807) is 11.1 Å². The van der Waals surface area contributed by atoms with Crippen LogP contribution >= 0.6 is 15.9 Å². The van der Waals surface area contributed by atoms with E-state index in [1.165, 1.54) is 0 Å². The van der Waals surface area contributed by atoms with E-state index in [0.29, 0.717) is 26.3 Å². The lowest BCUT2D eigenvalue weighted by atomic mass is 10.2. The molecule has 0 unspecified atom stereocenters. The van der Waals surface area contributed by atoms with Crippen LogP contribution < -0.4 is 4.74 Å². The van der Waals surface area contributed by atoms with Gasteiger partial charge in [0.25, 0.3) is 0 Å². The summed E-state index contributed by atoms with van der Waals surface area (Å²) in [5, 5.41) is 0.940. The Bertz CT molecular complexity index is 791. The molecule has 1 fully saturated rings. The van der Waals surface area contributed by atoms with Crippen molar-refractivity contribution in [1.29, 1.82) is 0 Å². The molecule has 2 aromatic rings. The van der Waals surface area contributed by atoms with E-state index in [4.69, 9.17) is 14.2 Å². The summed E-state index contributed by atoms with van der Waals surface area (Å²) in [5.74, 6) is 0.737. The maximum Gasteiger partial charge on any atom is 0.410 e.